The van der Waals surface area contributed by atoms with Gasteiger partial charge in [-0.3, -0.25) is 4.90 Å². The fraction of sp³-hybridized carbons (Fsp3) is 0.600. The molecule has 0 saturated heterocycles. The minimum absolute atomic E-state index is 0.714. The molecule has 0 spiro atoms. The smallest absolute Gasteiger partial charge is 0.0330 e. The minimum atomic E-state index is 0.714. The van der Waals surface area contributed by atoms with Gasteiger partial charge in [-0.25, -0.2) is 0 Å². The Morgan fingerprint density at radius 2 is 2.33 bits per heavy atom. The number of likely N-dealkylation sites (N-methyl/N-ethyl adjacent to an activating group) is 1. The van der Waals surface area contributed by atoms with Crippen LogP contribution in [0.25, 0.3) is 0 Å². The van der Waals surface area contributed by atoms with Crippen molar-refractivity contribution in [2.75, 3.05) is 7.05 Å². The predicted octanol–water partition coefficient (Wildman–Crippen LogP) is 2.43. The van der Waals surface area contributed by atoms with Crippen molar-refractivity contribution in [3.05, 3.63) is 21.4 Å². The van der Waals surface area contributed by atoms with Crippen LogP contribution in [0, 0.1) is 6.92 Å². The van der Waals surface area contributed by atoms with Crippen LogP contribution >= 0.6 is 11.3 Å². The van der Waals surface area contributed by atoms with E-state index in [9.17, 15) is 0 Å². The molecular formula is C10H15NS. The number of fused-ring (bicyclic) bond motifs is 1. The first-order valence-electron chi connectivity index (χ1n) is 4.45. The standard InChI is InChI=1S/C10H15NS/c1-7-4-9-5-8(2)12-10(9)6-11(7)3/h5,7H,4,6H2,1-3H3/t7-/m0/s1. The van der Waals surface area contributed by atoms with Gasteiger partial charge in [0.15, 0.2) is 0 Å². The Balaban J connectivity index is 2.33. The van der Waals surface area contributed by atoms with Gasteiger partial charge in [0.1, 0.15) is 0 Å². The second-order valence-electron chi connectivity index (χ2n) is 3.77. The van der Waals surface area contributed by atoms with Gasteiger partial charge in [0.05, 0.1) is 0 Å². The Hall–Kier alpha value is -0.340. The average molecular weight is 181 g/mol. The van der Waals surface area contributed by atoms with E-state index in [1.807, 2.05) is 11.3 Å². The van der Waals surface area contributed by atoms with Crippen LogP contribution in [-0.4, -0.2) is 18.0 Å². The van der Waals surface area contributed by atoms with Crippen LogP contribution in [0.3, 0.4) is 0 Å². The molecule has 0 aliphatic carbocycles. The second-order valence-corrected chi connectivity index (χ2v) is 5.11. The van der Waals surface area contributed by atoms with Crippen molar-refractivity contribution in [3.63, 3.8) is 0 Å². The van der Waals surface area contributed by atoms with Gasteiger partial charge in [0.2, 0.25) is 0 Å². The molecule has 12 heavy (non-hydrogen) atoms. The summed E-state index contributed by atoms with van der Waals surface area (Å²) in [6, 6.07) is 3.07. The maximum atomic E-state index is 2.43. The largest absolute Gasteiger partial charge is 0.298 e. The Labute approximate surface area is 78.0 Å². The highest BCUT2D eigenvalue weighted by atomic mass is 32.1. The van der Waals surface area contributed by atoms with Crippen LogP contribution in [-0.2, 0) is 13.0 Å². The minimum Gasteiger partial charge on any atom is -0.298 e. The first-order valence-corrected chi connectivity index (χ1v) is 5.27. The Bertz CT molecular complexity index is 263. The van der Waals surface area contributed by atoms with Crippen LogP contribution in [0.4, 0.5) is 0 Å². The molecule has 2 heterocycles. The molecule has 1 nitrogen and oxygen atoms in total. The molecule has 0 saturated carbocycles. The highest BCUT2D eigenvalue weighted by Crippen LogP contribution is 2.29. The summed E-state index contributed by atoms with van der Waals surface area (Å²) in [6.45, 7) is 5.65. The summed E-state index contributed by atoms with van der Waals surface area (Å²) >= 11 is 1.95. The fourth-order valence-electron chi connectivity index (χ4n) is 1.78. The average Bonchev–Trinajstić information content (AvgIpc) is 2.30. The van der Waals surface area contributed by atoms with Crippen molar-refractivity contribution in [2.45, 2.75) is 32.9 Å². The summed E-state index contributed by atoms with van der Waals surface area (Å²) in [5.74, 6) is 0. The molecule has 2 heteroatoms. The molecular weight excluding hydrogens is 166 g/mol. The second kappa shape index (κ2) is 2.86. The summed E-state index contributed by atoms with van der Waals surface area (Å²) in [6.07, 6.45) is 1.23. The van der Waals surface area contributed by atoms with Gasteiger partial charge in [0.25, 0.3) is 0 Å². The van der Waals surface area contributed by atoms with Gasteiger partial charge >= 0.3 is 0 Å². The number of nitrogens with zero attached hydrogens (tertiary/aromatic N) is 1. The molecule has 1 aromatic rings. The van der Waals surface area contributed by atoms with E-state index in [0.717, 1.165) is 6.54 Å². The van der Waals surface area contributed by atoms with Crippen LogP contribution in [0.5, 0.6) is 0 Å². The van der Waals surface area contributed by atoms with E-state index in [1.54, 1.807) is 10.4 Å². The highest BCUT2D eigenvalue weighted by Gasteiger charge is 2.20. The summed E-state index contributed by atoms with van der Waals surface area (Å²) in [4.78, 5) is 5.47. The van der Waals surface area contributed by atoms with Crippen LogP contribution in [0.15, 0.2) is 6.07 Å². The Morgan fingerprint density at radius 1 is 1.58 bits per heavy atom. The molecule has 0 aromatic carbocycles. The van der Waals surface area contributed by atoms with E-state index < -0.39 is 0 Å². The predicted molar refractivity (Wildman–Crippen MR) is 53.7 cm³/mol. The molecule has 0 fully saturated rings. The molecule has 1 atom stereocenters. The lowest BCUT2D eigenvalue weighted by molar-refractivity contribution is 0.234. The summed E-state index contributed by atoms with van der Waals surface area (Å²) < 4.78 is 0. The van der Waals surface area contributed by atoms with Gasteiger partial charge in [-0.1, -0.05) is 0 Å². The van der Waals surface area contributed by atoms with Crippen molar-refractivity contribution >= 4 is 11.3 Å². The van der Waals surface area contributed by atoms with Gasteiger partial charge in [0, 0.05) is 22.3 Å². The number of rotatable bonds is 0. The van der Waals surface area contributed by atoms with Crippen molar-refractivity contribution in [1.82, 2.24) is 4.90 Å². The van der Waals surface area contributed by atoms with Crippen LogP contribution in [0.2, 0.25) is 0 Å². The third-order valence-corrected chi connectivity index (χ3v) is 3.76. The zero-order valence-electron chi connectivity index (χ0n) is 7.92. The summed E-state index contributed by atoms with van der Waals surface area (Å²) in [5, 5.41) is 0. The highest BCUT2D eigenvalue weighted by molar-refractivity contribution is 7.12. The van der Waals surface area contributed by atoms with E-state index in [-0.39, 0.29) is 0 Å². The van der Waals surface area contributed by atoms with Crippen molar-refractivity contribution in [2.24, 2.45) is 0 Å². The van der Waals surface area contributed by atoms with E-state index in [1.165, 1.54) is 11.3 Å². The number of thiophene rings is 1. The lowest BCUT2D eigenvalue weighted by Crippen LogP contribution is -2.34. The monoisotopic (exact) mass is 181 g/mol. The number of aryl methyl sites for hydroxylation is 1. The maximum Gasteiger partial charge on any atom is 0.0330 e. The Kier molecular flexibility index (Phi) is 1.97. The first kappa shape index (κ1) is 8.27. The van der Waals surface area contributed by atoms with Crippen molar-refractivity contribution in [1.29, 1.82) is 0 Å². The zero-order chi connectivity index (χ0) is 8.72. The lowest BCUT2D eigenvalue weighted by atomic mass is 10.0. The maximum absolute atomic E-state index is 2.43. The third-order valence-electron chi connectivity index (χ3n) is 2.68. The fourth-order valence-corrected chi connectivity index (χ4v) is 2.91. The topological polar surface area (TPSA) is 3.24 Å². The van der Waals surface area contributed by atoms with Gasteiger partial charge in [-0.05, 0) is 38.9 Å². The van der Waals surface area contributed by atoms with Gasteiger partial charge < -0.3 is 0 Å². The van der Waals surface area contributed by atoms with Crippen molar-refractivity contribution < 1.29 is 0 Å². The van der Waals surface area contributed by atoms with Crippen LogP contribution < -0.4 is 0 Å². The Morgan fingerprint density at radius 3 is 3.08 bits per heavy atom. The molecule has 0 bridgehead atoms. The van der Waals surface area contributed by atoms with Gasteiger partial charge in [-0.15, -0.1) is 11.3 Å². The third kappa shape index (κ3) is 1.29. The molecule has 2 rings (SSSR count). The van der Waals surface area contributed by atoms with E-state index >= 15 is 0 Å². The van der Waals surface area contributed by atoms with Gasteiger partial charge in [-0.2, -0.15) is 0 Å². The molecule has 0 N–H and O–H groups in total. The van der Waals surface area contributed by atoms with Crippen LogP contribution in [0.1, 0.15) is 22.2 Å². The molecule has 1 aliphatic rings. The molecule has 66 valence electrons. The van der Waals surface area contributed by atoms with E-state index in [0.29, 0.717) is 6.04 Å². The number of hydrogen-bond acceptors (Lipinski definition) is 2. The molecule has 1 aliphatic heterocycles. The van der Waals surface area contributed by atoms with E-state index in [2.05, 4.69) is 31.9 Å². The molecule has 0 amide bonds. The quantitative estimate of drug-likeness (QED) is 0.594. The normalized spacial score (nSPS) is 24.1. The molecule has 1 aromatic heterocycles. The van der Waals surface area contributed by atoms with E-state index in [4.69, 9.17) is 0 Å². The SMILES string of the molecule is Cc1cc2c(s1)CN(C)[C@@H](C)C2. The summed E-state index contributed by atoms with van der Waals surface area (Å²) in [5.41, 5.74) is 1.59. The first-order chi connectivity index (χ1) is 5.66. The zero-order valence-corrected chi connectivity index (χ0v) is 8.74. The number of hydrogen-bond donors (Lipinski definition) is 0. The molecule has 0 unspecified atom stereocenters. The molecule has 0 radical (unpaired) electrons. The summed E-state index contributed by atoms with van der Waals surface area (Å²) in [7, 11) is 2.21. The van der Waals surface area contributed by atoms with Crippen molar-refractivity contribution in [3.8, 4) is 0 Å². The lowest BCUT2D eigenvalue weighted by Gasteiger charge is -2.29.